The molecule has 32 heavy (non-hydrogen) atoms. The quantitative estimate of drug-likeness (QED) is 0.401. The highest BCUT2D eigenvalue weighted by molar-refractivity contribution is 7.88. The van der Waals surface area contributed by atoms with E-state index >= 15 is 0 Å². The largest absolute Gasteiger partial charge is 0.496 e. The van der Waals surface area contributed by atoms with Crippen LogP contribution in [0.4, 0.5) is 5.69 Å². The van der Waals surface area contributed by atoms with Crippen LogP contribution in [0.2, 0.25) is 0 Å². The summed E-state index contributed by atoms with van der Waals surface area (Å²) in [4.78, 5) is 15.9. The molecule has 0 spiro atoms. The first-order valence-corrected chi connectivity index (χ1v) is 11.3. The summed E-state index contributed by atoms with van der Waals surface area (Å²) in [6.45, 7) is 3.66. The summed E-state index contributed by atoms with van der Waals surface area (Å²) >= 11 is 0. The number of sulfonamides is 1. The number of H-pyrrole nitrogens is 1. The highest BCUT2D eigenvalue weighted by Crippen LogP contribution is 2.41. The minimum atomic E-state index is -3.46. The average molecular weight is 460 g/mol. The number of anilines is 1. The first-order valence-electron chi connectivity index (χ1n) is 9.62. The predicted octanol–water partition coefficient (Wildman–Crippen LogP) is 3.05. The summed E-state index contributed by atoms with van der Waals surface area (Å²) in [6, 6.07) is 9.92. The zero-order chi connectivity index (χ0) is 23.3. The molecule has 0 saturated carbocycles. The second-order valence-electron chi connectivity index (χ2n) is 6.83. The molecule has 0 saturated heterocycles. The third kappa shape index (κ3) is 5.04. The van der Waals surface area contributed by atoms with E-state index in [0.717, 1.165) is 0 Å². The topological polar surface area (TPSA) is 119 Å². The number of aromatic amines is 1. The molecule has 9 nitrogen and oxygen atoms in total. The van der Waals surface area contributed by atoms with Gasteiger partial charge in [0.2, 0.25) is 10.0 Å². The molecule has 1 amide bonds. The van der Waals surface area contributed by atoms with E-state index in [1.807, 2.05) is 0 Å². The maximum Gasteiger partial charge on any atom is 0.272 e. The van der Waals surface area contributed by atoms with Crippen LogP contribution in [0.5, 0.6) is 17.2 Å². The number of carbonyl (C=O) groups is 1. The number of amides is 1. The van der Waals surface area contributed by atoms with Crippen molar-refractivity contribution in [2.75, 3.05) is 33.2 Å². The molecule has 170 valence electrons. The number of methoxy groups -OCH3 is 3. The van der Waals surface area contributed by atoms with Crippen molar-refractivity contribution in [2.45, 2.75) is 5.75 Å². The van der Waals surface area contributed by atoms with Crippen molar-refractivity contribution < 1.29 is 27.4 Å². The van der Waals surface area contributed by atoms with Gasteiger partial charge in [0.05, 0.1) is 32.6 Å². The van der Waals surface area contributed by atoms with Gasteiger partial charge >= 0.3 is 0 Å². The third-order valence-corrected chi connectivity index (χ3v) is 6.02. The molecule has 1 aromatic heterocycles. The van der Waals surface area contributed by atoms with E-state index in [-0.39, 0.29) is 18.2 Å². The van der Waals surface area contributed by atoms with Crippen molar-refractivity contribution in [3.8, 4) is 17.2 Å². The van der Waals surface area contributed by atoms with Gasteiger partial charge in [-0.1, -0.05) is 18.2 Å². The van der Waals surface area contributed by atoms with Crippen LogP contribution in [-0.2, 0) is 15.8 Å². The molecule has 0 radical (unpaired) electrons. The van der Waals surface area contributed by atoms with Crippen LogP contribution in [0, 0.1) is 0 Å². The fraction of sp³-hybridized carbons (Fsp3) is 0.227. The van der Waals surface area contributed by atoms with Gasteiger partial charge in [-0.05, 0) is 23.8 Å². The Bertz CT molecular complexity index is 1230. The Labute approximate surface area is 186 Å². The molecule has 0 atom stereocenters. The molecule has 3 aromatic rings. The Kier molecular flexibility index (Phi) is 7.06. The van der Waals surface area contributed by atoms with Gasteiger partial charge in [0, 0.05) is 23.7 Å². The van der Waals surface area contributed by atoms with Crippen molar-refractivity contribution in [3.05, 3.63) is 60.3 Å². The minimum absolute atomic E-state index is 0.168. The molecule has 2 aromatic carbocycles. The van der Waals surface area contributed by atoms with Gasteiger partial charge in [-0.2, -0.15) is 0 Å². The standard InChI is InChI=1S/C22H25N3O6S/c1-5-10-23-32(27,28)13-14-6-8-15(9-7-14)24-22(26)17-11-16-18(29-2)12-19(30-3)21(31-4)20(16)25-17/h5-9,11-12,23,25H,1,10,13H2,2-4H3,(H,24,26). The number of rotatable bonds is 10. The lowest BCUT2D eigenvalue weighted by molar-refractivity contribution is 0.102. The molecule has 1 heterocycles. The van der Waals surface area contributed by atoms with E-state index in [2.05, 4.69) is 21.6 Å². The molecule has 0 fully saturated rings. The summed E-state index contributed by atoms with van der Waals surface area (Å²) < 4.78 is 42.6. The lowest BCUT2D eigenvalue weighted by Gasteiger charge is -2.11. The van der Waals surface area contributed by atoms with Crippen molar-refractivity contribution in [3.63, 3.8) is 0 Å². The van der Waals surface area contributed by atoms with E-state index in [4.69, 9.17) is 14.2 Å². The van der Waals surface area contributed by atoms with Gasteiger partial charge < -0.3 is 24.5 Å². The molecule has 0 aliphatic heterocycles. The number of carbonyl (C=O) groups excluding carboxylic acids is 1. The van der Waals surface area contributed by atoms with Crippen LogP contribution >= 0.6 is 0 Å². The summed E-state index contributed by atoms with van der Waals surface area (Å²) in [5.74, 6) is 0.913. The number of ether oxygens (including phenoxy) is 3. The van der Waals surface area contributed by atoms with Crippen LogP contribution in [0.3, 0.4) is 0 Å². The number of benzene rings is 2. The summed E-state index contributed by atoms with van der Waals surface area (Å²) in [5, 5.41) is 3.45. The number of hydrogen-bond acceptors (Lipinski definition) is 6. The number of aromatic nitrogens is 1. The Morgan fingerprint density at radius 3 is 2.34 bits per heavy atom. The minimum Gasteiger partial charge on any atom is -0.496 e. The third-order valence-electron chi connectivity index (χ3n) is 4.70. The summed E-state index contributed by atoms with van der Waals surface area (Å²) in [5.41, 5.74) is 1.98. The molecule has 10 heteroatoms. The van der Waals surface area contributed by atoms with Gasteiger partial charge in [0.25, 0.3) is 5.91 Å². The van der Waals surface area contributed by atoms with Gasteiger partial charge in [-0.3, -0.25) is 4.79 Å². The maximum absolute atomic E-state index is 12.8. The molecule has 0 aliphatic rings. The first-order chi connectivity index (χ1) is 15.3. The van der Waals surface area contributed by atoms with Crippen LogP contribution in [0.15, 0.2) is 49.1 Å². The average Bonchev–Trinajstić information content (AvgIpc) is 3.23. The van der Waals surface area contributed by atoms with Crippen LogP contribution in [0.25, 0.3) is 10.9 Å². The number of nitrogens with one attached hydrogen (secondary N) is 3. The van der Waals surface area contributed by atoms with Crippen LogP contribution in [0.1, 0.15) is 16.1 Å². The Morgan fingerprint density at radius 1 is 1.06 bits per heavy atom. The Balaban J connectivity index is 1.80. The smallest absolute Gasteiger partial charge is 0.272 e. The highest BCUT2D eigenvalue weighted by Gasteiger charge is 2.19. The predicted molar refractivity (Wildman–Crippen MR) is 123 cm³/mol. The Hall–Kier alpha value is -3.50. The second kappa shape index (κ2) is 9.75. The molecule has 0 unspecified atom stereocenters. The van der Waals surface area contributed by atoms with Gasteiger partial charge in [0.1, 0.15) is 11.4 Å². The molecule has 0 aliphatic carbocycles. The van der Waals surface area contributed by atoms with Crippen LogP contribution < -0.4 is 24.2 Å². The van der Waals surface area contributed by atoms with E-state index in [1.54, 1.807) is 36.4 Å². The second-order valence-corrected chi connectivity index (χ2v) is 8.64. The van der Waals surface area contributed by atoms with Gasteiger partial charge in [0.15, 0.2) is 11.5 Å². The van der Waals surface area contributed by atoms with E-state index in [1.165, 1.54) is 27.4 Å². The van der Waals surface area contributed by atoms with Crippen molar-refractivity contribution >= 4 is 32.5 Å². The normalized spacial score (nSPS) is 11.2. The number of hydrogen-bond donors (Lipinski definition) is 3. The first kappa shape index (κ1) is 23.2. The fourth-order valence-electron chi connectivity index (χ4n) is 3.20. The molecule has 3 N–H and O–H groups in total. The highest BCUT2D eigenvalue weighted by atomic mass is 32.2. The summed E-state index contributed by atoms with van der Waals surface area (Å²) in [6.07, 6.45) is 1.47. The molecule has 0 bridgehead atoms. The lowest BCUT2D eigenvalue weighted by Crippen LogP contribution is -2.25. The van der Waals surface area contributed by atoms with Crippen molar-refractivity contribution in [1.29, 1.82) is 0 Å². The summed E-state index contributed by atoms with van der Waals surface area (Å²) in [7, 11) is 1.10. The van der Waals surface area contributed by atoms with E-state index in [9.17, 15) is 13.2 Å². The monoisotopic (exact) mass is 459 g/mol. The SMILES string of the molecule is C=CCNS(=O)(=O)Cc1ccc(NC(=O)c2cc3c(OC)cc(OC)c(OC)c3[nH]2)cc1. The van der Waals surface area contributed by atoms with Crippen molar-refractivity contribution in [1.82, 2.24) is 9.71 Å². The lowest BCUT2D eigenvalue weighted by atomic mass is 10.2. The van der Waals surface area contributed by atoms with Crippen LogP contribution in [-0.4, -0.2) is 47.2 Å². The molecular formula is C22H25N3O6S. The van der Waals surface area contributed by atoms with E-state index < -0.39 is 10.0 Å². The fourth-order valence-corrected chi connectivity index (χ4v) is 4.30. The number of fused-ring (bicyclic) bond motifs is 1. The molecular weight excluding hydrogens is 434 g/mol. The van der Waals surface area contributed by atoms with Crippen molar-refractivity contribution in [2.24, 2.45) is 0 Å². The zero-order valence-corrected chi connectivity index (χ0v) is 18.8. The zero-order valence-electron chi connectivity index (χ0n) is 18.0. The Morgan fingerprint density at radius 2 is 1.75 bits per heavy atom. The maximum atomic E-state index is 12.8. The van der Waals surface area contributed by atoms with E-state index in [0.29, 0.717) is 45.1 Å². The van der Waals surface area contributed by atoms with Gasteiger partial charge in [-0.25, -0.2) is 13.1 Å². The van der Waals surface area contributed by atoms with Gasteiger partial charge in [-0.15, -0.1) is 6.58 Å². The molecule has 3 rings (SSSR count).